The van der Waals surface area contributed by atoms with Crippen molar-refractivity contribution in [3.63, 3.8) is 0 Å². The molecule has 12 heavy (non-hydrogen) atoms. The Balaban J connectivity index is 1.98. The summed E-state index contributed by atoms with van der Waals surface area (Å²) in [4.78, 5) is 2.51. The van der Waals surface area contributed by atoms with Crippen LogP contribution in [0.2, 0.25) is 0 Å². The number of rotatable bonds is 1. The van der Waals surface area contributed by atoms with Crippen LogP contribution in [0.4, 0.5) is 0 Å². The number of hydrogen-bond acceptors (Lipinski definition) is 2. The molecule has 0 spiro atoms. The van der Waals surface area contributed by atoms with Gasteiger partial charge >= 0.3 is 0 Å². The molecule has 0 amide bonds. The van der Waals surface area contributed by atoms with E-state index in [9.17, 15) is 5.11 Å². The molecular formula is C10H19NO. The highest BCUT2D eigenvalue weighted by Crippen LogP contribution is 2.29. The number of aliphatic hydroxyl groups is 1. The lowest BCUT2D eigenvalue weighted by Crippen LogP contribution is -2.42. The zero-order chi connectivity index (χ0) is 8.55. The molecule has 1 saturated carbocycles. The number of hydrogen-bond donors (Lipinski definition) is 1. The van der Waals surface area contributed by atoms with Crippen molar-refractivity contribution in [3.8, 4) is 0 Å². The Morgan fingerprint density at radius 1 is 1.17 bits per heavy atom. The van der Waals surface area contributed by atoms with Gasteiger partial charge in [-0.25, -0.2) is 0 Å². The van der Waals surface area contributed by atoms with Crippen molar-refractivity contribution >= 4 is 0 Å². The van der Waals surface area contributed by atoms with Crippen LogP contribution in [0.15, 0.2) is 0 Å². The van der Waals surface area contributed by atoms with Gasteiger partial charge in [0.05, 0.1) is 6.10 Å². The summed E-state index contributed by atoms with van der Waals surface area (Å²) in [6.07, 6.45) is 6.06. The number of likely N-dealkylation sites (tertiary alicyclic amines) is 1. The van der Waals surface area contributed by atoms with Gasteiger partial charge in [0.25, 0.3) is 0 Å². The first-order valence-corrected chi connectivity index (χ1v) is 5.23. The van der Waals surface area contributed by atoms with Gasteiger partial charge in [-0.2, -0.15) is 0 Å². The fourth-order valence-electron chi connectivity index (χ4n) is 2.76. The minimum atomic E-state index is -0.0365. The minimum absolute atomic E-state index is 0.0365. The van der Waals surface area contributed by atoms with Crippen LogP contribution < -0.4 is 0 Å². The molecule has 1 aliphatic heterocycles. The summed E-state index contributed by atoms with van der Waals surface area (Å²) in [5.74, 6) is 0. The molecule has 1 aliphatic carbocycles. The van der Waals surface area contributed by atoms with E-state index in [0.717, 1.165) is 6.42 Å². The predicted octanol–water partition coefficient (Wildman–Crippen LogP) is 1.38. The van der Waals surface area contributed by atoms with Crippen molar-refractivity contribution in [2.24, 2.45) is 0 Å². The SMILES string of the molecule is CC1CCCN1[C@@H]1CCC[C@H]1O. The topological polar surface area (TPSA) is 23.5 Å². The third-order valence-electron chi connectivity index (χ3n) is 3.47. The maximum atomic E-state index is 9.73. The van der Waals surface area contributed by atoms with E-state index in [-0.39, 0.29) is 6.10 Å². The van der Waals surface area contributed by atoms with Crippen LogP contribution in [0, 0.1) is 0 Å². The first kappa shape index (κ1) is 8.52. The van der Waals surface area contributed by atoms with Gasteiger partial charge in [-0.05, 0) is 45.6 Å². The van der Waals surface area contributed by atoms with Crippen LogP contribution in [-0.4, -0.2) is 34.7 Å². The zero-order valence-corrected chi connectivity index (χ0v) is 7.87. The van der Waals surface area contributed by atoms with Crippen molar-refractivity contribution in [3.05, 3.63) is 0 Å². The van der Waals surface area contributed by atoms with E-state index in [1.54, 1.807) is 0 Å². The third kappa shape index (κ3) is 1.38. The Hall–Kier alpha value is -0.0800. The Morgan fingerprint density at radius 3 is 2.50 bits per heavy atom. The molecule has 0 aromatic rings. The molecule has 2 aliphatic rings. The molecule has 2 fully saturated rings. The molecule has 1 N–H and O–H groups in total. The summed E-state index contributed by atoms with van der Waals surface area (Å²) in [6.45, 7) is 3.50. The van der Waals surface area contributed by atoms with Crippen molar-refractivity contribution in [1.82, 2.24) is 4.90 Å². The maximum absolute atomic E-state index is 9.73. The van der Waals surface area contributed by atoms with Crippen LogP contribution in [0.25, 0.3) is 0 Å². The molecule has 1 unspecified atom stereocenters. The second-order valence-electron chi connectivity index (χ2n) is 4.29. The second-order valence-corrected chi connectivity index (χ2v) is 4.29. The molecule has 2 heteroatoms. The average Bonchev–Trinajstić information content (AvgIpc) is 2.59. The van der Waals surface area contributed by atoms with Gasteiger partial charge < -0.3 is 5.11 Å². The van der Waals surface area contributed by atoms with Crippen LogP contribution in [0.1, 0.15) is 39.0 Å². The van der Waals surface area contributed by atoms with E-state index < -0.39 is 0 Å². The second kappa shape index (κ2) is 3.35. The predicted molar refractivity (Wildman–Crippen MR) is 49.0 cm³/mol. The zero-order valence-electron chi connectivity index (χ0n) is 7.87. The summed E-state index contributed by atoms with van der Waals surface area (Å²) in [5, 5.41) is 9.73. The molecule has 70 valence electrons. The van der Waals surface area contributed by atoms with Gasteiger partial charge in [0, 0.05) is 12.1 Å². The lowest BCUT2D eigenvalue weighted by atomic mass is 10.1. The van der Waals surface area contributed by atoms with E-state index in [4.69, 9.17) is 0 Å². The molecule has 2 nitrogen and oxygen atoms in total. The summed E-state index contributed by atoms with van der Waals surface area (Å²) >= 11 is 0. The largest absolute Gasteiger partial charge is 0.391 e. The summed E-state index contributed by atoms with van der Waals surface area (Å²) in [6, 6.07) is 1.20. The van der Waals surface area contributed by atoms with Gasteiger partial charge in [-0.15, -0.1) is 0 Å². The molecule has 0 aromatic heterocycles. The Labute approximate surface area is 74.6 Å². The molecule has 0 bridgehead atoms. The fraction of sp³-hybridized carbons (Fsp3) is 1.00. The van der Waals surface area contributed by atoms with E-state index in [2.05, 4.69) is 11.8 Å². The molecule has 2 rings (SSSR count). The average molecular weight is 169 g/mol. The first-order valence-electron chi connectivity index (χ1n) is 5.23. The Morgan fingerprint density at radius 2 is 2.00 bits per heavy atom. The van der Waals surface area contributed by atoms with E-state index in [1.807, 2.05) is 0 Å². The summed E-state index contributed by atoms with van der Waals surface area (Å²) in [7, 11) is 0. The standard InChI is InChI=1S/C10H19NO/c1-8-4-3-7-11(8)9-5-2-6-10(9)12/h8-10,12H,2-7H2,1H3/t8?,9-,10-/m1/s1. The third-order valence-corrected chi connectivity index (χ3v) is 3.47. The van der Waals surface area contributed by atoms with Gasteiger partial charge in [0.1, 0.15) is 0 Å². The van der Waals surface area contributed by atoms with Crippen LogP contribution >= 0.6 is 0 Å². The number of aliphatic hydroxyl groups excluding tert-OH is 1. The van der Waals surface area contributed by atoms with Crippen molar-refractivity contribution in [1.29, 1.82) is 0 Å². The first-order chi connectivity index (χ1) is 5.79. The highest BCUT2D eigenvalue weighted by Gasteiger charge is 2.34. The van der Waals surface area contributed by atoms with Crippen molar-refractivity contribution < 1.29 is 5.11 Å². The molecule has 1 saturated heterocycles. The Kier molecular flexibility index (Phi) is 2.37. The quantitative estimate of drug-likeness (QED) is 0.641. The minimum Gasteiger partial charge on any atom is -0.391 e. The van der Waals surface area contributed by atoms with Gasteiger partial charge in [-0.3, -0.25) is 4.90 Å². The Bertz CT molecular complexity index is 142. The summed E-state index contributed by atoms with van der Waals surface area (Å²) < 4.78 is 0. The van der Waals surface area contributed by atoms with Crippen LogP contribution in [0.3, 0.4) is 0 Å². The van der Waals surface area contributed by atoms with Crippen molar-refractivity contribution in [2.45, 2.75) is 57.2 Å². The summed E-state index contributed by atoms with van der Waals surface area (Å²) in [5.41, 5.74) is 0. The van der Waals surface area contributed by atoms with E-state index in [0.29, 0.717) is 12.1 Å². The molecule has 0 aromatic carbocycles. The smallest absolute Gasteiger partial charge is 0.0695 e. The molecule has 1 heterocycles. The number of nitrogens with zero attached hydrogens (tertiary/aromatic N) is 1. The van der Waals surface area contributed by atoms with Gasteiger partial charge in [-0.1, -0.05) is 0 Å². The van der Waals surface area contributed by atoms with Gasteiger partial charge in [0.2, 0.25) is 0 Å². The highest BCUT2D eigenvalue weighted by molar-refractivity contribution is 4.90. The highest BCUT2D eigenvalue weighted by atomic mass is 16.3. The van der Waals surface area contributed by atoms with Crippen molar-refractivity contribution in [2.75, 3.05) is 6.54 Å². The maximum Gasteiger partial charge on any atom is 0.0695 e. The van der Waals surface area contributed by atoms with E-state index in [1.165, 1.54) is 32.2 Å². The van der Waals surface area contributed by atoms with Gasteiger partial charge in [0.15, 0.2) is 0 Å². The lowest BCUT2D eigenvalue weighted by Gasteiger charge is -2.30. The van der Waals surface area contributed by atoms with Crippen LogP contribution in [-0.2, 0) is 0 Å². The normalized spacial score (nSPS) is 44.0. The van der Waals surface area contributed by atoms with E-state index >= 15 is 0 Å². The fourth-order valence-corrected chi connectivity index (χ4v) is 2.76. The molecular weight excluding hydrogens is 150 g/mol. The van der Waals surface area contributed by atoms with Crippen LogP contribution in [0.5, 0.6) is 0 Å². The molecule has 0 radical (unpaired) electrons. The monoisotopic (exact) mass is 169 g/mol. The molecule has 3 atom stereocenters. The lowest BCUT2D eigenvalue weighted by molar-refractivity contribution is 0.0670.